The van der Waals surface area contributed by atoms with Gasteiger partial charge in [0.25, 0.3) is 5.56 Å². The number of hydrogen-bond acceptors (Lipinski definition) is 5. The molecule has 0 fully saturated rings. The number of nitrogens with zero attached hydrogens (tertiary/aromatic N) is 2. The van der Waals surface area contributed by atoms with Crippen molar-refractivity contribution in [1.82, 2.24) is 9.78 Å². The van der Waals surface area contributed by atoms with Gasteiger partial charge in [0.05, 0.1) is 4.90 Å². The number of carbonyl (C=O) groups excluding carboxylic acids is 1. The molecule has 0 aliphatic heterocycles. The smallest absolute Gasteiger partial charge is 0.267 e. The molecule has 0 saturated carbocycles. The minimum atomic E-state index is -4.14. The van der Waals surface area contributed by atoms with Crippen molar-refractivity contribution in [2.24, 2.45) is 0 Å². The predicted octanol–water partition coefficient (Wildman–Crippen LogP) is 1.85. The highest BCUT2D eigenvalue weighted by Crippen LogP contribution is 2.18. The maximum Gasteiger partial charge on any atom is 0.267 e. The van der Waals surface area contributed by atoms with Crippen molar-refractivity contribution in [3.8, 4) is 0 Å². The molecule has 1 heterocycles. The van der Waals surface area contributed by atoms with E-state index in [0.29, 0.717) is 5.69 Å². The van der Waals surface area contributed by atoms with Crippen molar-refractivity contribution in [1.29, 1.82) is 0 Å². The van der Waals surface area contributed by atoms with Gasteiger partial charge in [-0.05, 0) is 36.4 Å². The minimum Gasteiger partial charge on any atom is -0.324 e. The third-order valence-electron chi connectivity index (χ3n) is 3.57. The molecule has 0 radical (unpaired) electrons. The first-order valence-corrected chi connectivity index (χ1v) is 9.28. The van der Waals surface area contributed by atoms with Crippen LogP contribution in [-0.4, -0.2) is 24.1 Å². The average molecular weight is 387 g/mol. The van der Waals surface area contributed by atoms with E-state index in [2.05, 4.69) is 10.4 Å². The summed E-state index contributed by atoms with van der Waals surface area (Å²) < 4.78 is 39.2. The lowest BCUT2D eigenvalue weighted by Gasteiger charge is -2.09. The maximum atomic E-state index is 13.3. The lowest BCUT2D eigenvalue weighted by atomic mass is 10.3. The number of amides is 1. The Morgan fingerprint density at radius 3 is 2.48 bits per heavy atom. The van der Waals surface area contributed by atoms with Gasteiger partial charge >= 0.3 is 0 Å². The number of rotatable bonds is 5. The van der Waals surface area contributed by atoms with Crippen molar-refractivity contribution in [2.75, 3.05) is 5.32 Å². The van der Waals surface area contributed by atoms with E-state index in [1.807, 2.05) is 0 Å². The van der Waals surface area contributed by atoms with E-state index >= 15 is 0 Å². The summed E-state index contributed by atoms with van der Waals surface area (Å²) in [5, 5.41) is 5.88. The Morgan fingerprint density at radius 2 is 1.78 bits per heavy atom. The molecule has 7 nitrogen and oxygen atoms in total. The minimum absolute atomic E-state index is 0.297. The molecule has 1 aromatic heterocycles. The zero-order valence-electron chi connectivity index (χ0n) is 13.9. The number of benzene rings is 2. The Kier molecular flexibility index (Phi) is 5.13. The van der Waals surface area contributed by atoms with Gasteiger partial charge in [0, 0.05) is 11.8 Å². The number of para-hydroxylation sites is 1. The Balaban J connectivity index is 1.88. The fourth-order valence-corrected chi connectivity index (χ4v) is 3.52. The first kappa shape index (κ1) is 18.5. The summed E-state index contributed by atoms with van der Waals surface area (Å²) >= 11 is 0. The zero-order valence-corrected chi connectivity index (χ0v) is 14.7. The van der Waals surface area contributed by atoms with E-state index in [1.54, 1.807) is 30.3 Å². The monoisotopic (exact) mass is 387 g/mol. The van der Waals surface area contributed by atoms with E-state index < -0.39 is 38.7 Å². The van der Waals surface area contributed by atoms with Crippen LogP contribution in [0, 0.1) is 5.82 Å². The van der Waals surface area contributed by atoms with E-state index in [-0.39, 0.29) is 4.90 Å². The Hall–Kier alpha value is -3.33. The van der Waals surface area contributed by atoms with Crippen LogP contribution in [0.1, 0.15) is 0 Å². The number of hydrogen-bond donors (Lipinski definition) is 1. The normalized spacial score (nSPS) is 11.1. The van der Waals surface area contributed by atoms with Gasteiger partial charge in [0.1, 0.15) is 12.4 Å². The fraction of sp³-hybridized carbons (Fsp3) is 0.0556. The molecule has 0 unspecified atom stereocenters. The Morgan fingerprint density at radius 1 is 1.04 bits per heavy atom. The van der Waals surface area contributed by atoms with Gasteiger partial charge in [-0.1, -0.05) is 24.3 Å². The van der Waals surface area contributed by atoms with Crippen molar-refractivity contribution in [3.05, 3.63) is 82.9 Å². The van der Waals surface area contributed by atoms with E-state index in [4.69, 9.17) is 0 Å². The molecule has 9 heteroatoms. The molecule has 1 N–H and O–H groups in total. The lowest BCUT2D eigenvalue weighted by Crippen LogP contribution is -2.30. The van der Waals surface area contributed by atoms with Gasteiger partial charge in [-0.2, -0.15) is 5.10 Å². The molecule has 2 aromatic carbocycles. The van der Waals surface area contributed by atoms with Crippen molar-refractivity contribution >= 4 is 21.4 Å². The standard InChI is InChI=1S/C18H14FN3O4S/c19-13-5-4-8-15(11-13)27(25,26)17-9-10-18(24)22(21-17)12-16(23)20-14-6-2-1-3-7-14/h1-11H,12H2,(H,20,23). The molecule has 1 amide bonds. The predicted molar refractivity (Wildman–Crippen MR) is 95.4 cm³/mol. The molecule has 3 aromatic rings. The summed E-state index contributed by atoms with van der Waals surface area (Å²) in [4.78, 5) is 23.7. The van der Waals surface area contributed by atoms with Crippen molar-refractivity contribution in [2.45, 2.75) is 16.5 Å². The van der Waals surface area contributed by atoms with Crippen LogP contribution in [0.15, 0.2) is 81.4 Å². The highest BCUT2D eigenvalue weighted by molar-refractivity contribution is 7.91. The van der Waals surface area contributed by atoms with Gasteiger partial charge in [0.15, 0.2) is 5.03 Å². The summed E-state index contributed by atoms with van der Waals surface area (Å²) in [6.07, 6.45) is 0. The molecule has 0 bridgehead atoms. The summed E-state index contributed by atoms with van der Waals surface area (Å²) in [7, 11) is -4.14. The van der Waals surface area contributed by atoms with Crippen LogP contribution in [0.3, 0.4) is 0 Å². The highest BCUT2D eigenvalue weighted by Gasteiger charge is 2.21. The first-order valence-electron chi connectivity index (χ1n) is 7.80. The number of aromatic nitrogens is 2. The fourth-order valence-electron chi connectivity index (χ4n) is 2.30. The molecule has 0 spiro atoms. The van der Waals surface area contributed by atoms with Crippen LogP contribution in [-0.2, 0) is 21.2 Å². The van der Waals surface area contributed by atoms with Gasteiger partial charge < -0.3 is 5.32 Å². The van der Waals surface area contributed by atoms with Gasteiger partial charge in [-0.3, -0.25) is 9.59 Å². The number of carbonyl (C=O) groups is 1. The van der Waals surface area contributed by atoms with Crippen molar-refractivity contribution in [3.63, 3.8) is 0 Å². The molecule has 0 aliphatic rings. The summed E-state index contributed by atoms with van der Waals surface area (Å²) in [5.41, 5.74) is -0.115. The van der Waals surface area contributed by atoms with Gasteiger partial charge in [0.2, 0.25) is 15.7 Å². The molecular formula is C18H14FN3O4S. The quantitative estimate of drug-likeness (QED) is 0.721. The van der Waals surface area contributed by atoms with Crippen LogP contribution in [0.4, 0.5) is 10.1 Å². The number of nitrogens with one attached hydrogen (secondary N) is 1. The Labute approximate surface area is 154 Å². The van der Waals surface area contributed by atoms with Gasteiger partial charge in [-0.25, -0.2) is 17.5 Å². The van der Waals surface area contributed by atoms with Crippen LogP contribution in [0.2, 0.25) is 0 Å². The highest BCUT2D eigenvalue weighted by atomic mass is 32.2. The first-order chi connectivity index (χ1) is 12.9. The third kappa shape index (κ3) is 4.26. The molecule has 0 aliphatic carbocycles. The molecule has 3 rings (SSSR count). The number of halogens is 1. The topological polar surface area (TPSA) is 98.1 Å². The molecular weight excluding hydrogens is 373 g/mol. The number of sulfone groups is 1. The summed E-state index contributed by atoms with van der Waals surface area (Å²) in [5.74, 6) is -1.26. The summed E-state index contributed by atoms with van der Waals surface area (Å²) in [6.45, 7) is -0.472. The largest absolute Gasteiger partial charge is 0.324 e. The van der Waals surface area contributed by atoms with E-state index in [1.165, 1.54) is 12.1 Å². The second kappa shape index (κ2) is 7.50. The average Bonchev–Trinajstić information content (AvgIpc) is 2.64. The number of anilines is 1. The lowest BCUT2D eigenvalue weighted by molar-refractivity contribution is -0.117. The van der Waals surface area contributed by atoms with Crippen LogP contribution < -0.4 is 10.9 Å². The zero-order chi connectivity index (χ0) is 19.4. The SMILES string of the molecule is O=C(Cn1nc(S(=O)(=O)c2cccc(F)c2)ccc1=O)Nc1ccccc1. The van der Waals surface area contributed by atoms with E-state index in [9.17, 15) is 22.4 Å². The van der Waals surface area contributed by atoms with E-state index in [0.717, 1.165) is 28.9 Å². The van der Waals surface area contributed by atoms with Crippen molar-refractivity contribution < 1.29 is 17.6 Å². The molecule has 0 saturated heterocycles. The maximum absolute atomic E-state index is 13.3. The Bertz CT molecular complexity index is 1140. The molecule has 27 heavy (non-hydrogen) atoms. The van der Waals surface area contributed by atoms with Crippen LogP contribution in [0.5, 0.6) is 0 Å². The van der Waals surface area contributed by atoms with Crippen LogP contribution >= 0.6 is 0 Å². The third-order valence-corrected chi connectivity index (χ3v) is 5.22. The van der Waals surface area contributed by atoms with Gasteiger partial charge in [-0.15, -0.1) is 0 Å². The second-order valence-electron chi connectivity index (χ2n) is 5.54. The molecule has 138 valence electrons. The second-order valence-corrected chi connectivity index (χ2v) is 7.44. The molecule has 0 atom stereocenters. The summed E-state index contributed by atoms with van der Waals surface area (Å²) in [6, 6.07) is 15.0. The van der Waals surface area contributed by atoms with Crippen LogP contribution in [0.25, 0.3) is 0 Å².